The minimum Gasteiger partial charge on any atom is -0.395 e. The van der Waals surface area contributed by atoms with Gasteiger partial charge in [0.1, 0.15) is 6.10 Å². The van der Waals surface area contributed by atoms with Crippen LogP contribution in [-0.4, -0.2) is 76.5 Å². The van der Waals surface area contributed by atoms with Gasteiger partial charge >= 0.3 is 6.03 Å². The summed E-state index contributed by atoms with van der Waals surface area (Å²) in [5.41, 5.74) is 2.03. The number of rotatable bonds is 3. The largest absolute Gasteiger partial charge is 0.395 e. The Morgan fingerprint density at radius 3 is 2.52 bits per heavy atom. The van der Waals surface area contributed by atoms with Crippen LogP contribution in [0.3, 0.4) is 0 Å². The van der Waals surface area contributed by atoms with Crippen LogP contribution in [0.5, 0.6) is 0 Å². The fourth-order valence-corrected chi connectivity index (χ4v) is 4.44. The van der Waals surface area contributed by atoms with Crippen LogP contribution in [0.15, 0.2) is 24.3 Å². The molecule has 6 heteroatoms. The molecule has 2 aliphatic rings. The van der Waals surface area contributed by atoms with E-state index in [1.807, 2.05) is 30.9 Å². The number of carbonyl (C=O) groups is 1. The Balaban J connectivity index is 1.78. The third-order valence-electron chi connectivity index (χ3n) is 5.79. The minimum atomic E-state index is -0.647. The summed E-state index contributed by atoms with van der Waals surface area (Å²) in [5, 5.41) is 22.4. The van der Waals surface area contributed by atoms with E-state index >= 15 is 0 Å². The van der Waals surface area contributed by atoms with Crippen LogP contribution in [0.2, 0.25) is 0 Å². The third kappa shape index (κ3) is 5.11. The standard InChI is InChI=1S/C23H33N3O3/c1-16(2)24-23(29)25-12-4-5-13-26-20(14-25)22(21(26)15-27)19-10-8-18(9-11-19)7-6-17(3)28/h8-11,16-17,20-22,27-28H,4-5,12-15H2,1-3H3,(H,24,29)/t17-,20+,21-,22-/m0/s1. The molecule has 2 aliphatic heterocycles. The predicted octanol–water partition coefficient (Wildman–Crippen LogP) is 1.76. The summed E-state index contributed by atoms with van der Waals surface area (Å²) < 4.78 is 0. The van der Waals surface area contributed by atoms with Crippen molar-refractivity contribution in [2.75, 3.05) is 26.2 Å². The summed E-state index contributed by atoms with van der Waals surface area (Å²) in [6.07, 6.45) is 1.36. The van der Waals surface area contributed by atoms with E-state index in [-0.39, 0.29) is 36.7 Å². The van der Waals surface area contributed by atoms with Gasteiger partial charge in [0.2, 0.25) is 0 Å². The Morgan fingerprint density at radius 2 is 1.90 bits per heavy atom. The molecular formula is C23H33N3O3. The predicted molar refractivity (Wildman–Crippen MR) is 114 cm³/mol. The van der Waals surface area contributed by atoms with E-state index in [4.69, 9.17) is 0 Å². The highest BCUT2D eigenvalue weighted by Gasteiger charge is 2.49. The minimum absolute atomic E-state index is 0.00297. The second-order valence-electron chi connectivity index (χ2n) is 8.41. The number of carbonyl (C=O) groups excluding carboxylic acids is 1. The van der Waals surface area contributed by atoms with E-state index < -0.39 is 6.10 Å². The van der Waals surface area contributed by atoms with Crippen molar-refractivity contribution in [3.05, 3.63) is 35.4 Å². The summed E-state index contributed by atoms with van der Waals surface area (Å²) in [4.78, 5) is 16.9. The van der Waals surface area contributed by atoms with Crippen LogP contribution < -0.4 is 5.32 Å². The number of nitrogens with one attached hydrogen (secondary N) is 1. The first-order valence-electron chi connectivity index (χ1n) is 10.6. The van der Waals surface area contributed by atoms with E-state index in [1.54, 1.807) is 6.92 Å². The first-order chi connectivity index (χ1) is 13.9. The van der Waals surface area contributed by atoms with Gasteiger partial charge in [0, 0.05) is 42.7 Å². The number of benzene rings is 1. The molecule has 3 rings (SSSR count). The topological polar surface area (TPSA) is 76.0 Å². The molecule has 4 atom stereocenters. The lowest BCUT2D eigenvalue weighted by molar-refractivity contribution is -0.0591. The molecule has 1 aromatic carbocycles. The number of hydrogen-bond acceptors (Lipinski definition) is 4. The number of amides is 2. The first-order valence-corrected chi connectivity index (χ1v) is 10.6. The van der Waals surface area contributed by atoms with Gasteiger partial charge in [-0.3, -0.25) is 4.90 Å². The fourth-order valence-electron chi connectivity index (χ4n) is 4.44. The fraction of sp³-hybridized carbons (Fsp3) is 0.609. The normalized spacial score (nSPS) is 25.7. The number of urea groups is 1. The summed E-state index contributed by atoms with van der Waals surface area (Å²) >= 11 is 0. The molecule has 0 bridgehead atoms. The van der Waals surface area contributed by atoms with Crippen LogP contribution in [0.4, 0.5) is 4.79 Å². The van der Waals surface area contributed by atoms with Crippen molar-refractivity contribution >= 4 is 6.03 Å². The molecule has 1 aromatic rings. The maximum absolute atomic E-state index is 12.6. The number of aliphatic hydroxyl groups is 2. The SMILES string of the molecule is CC(C)NC(=O)N1CCCCN2[C@H](C1)[C@H](c1ccc(C#C[C@H](C)O)cc1)[C@@H]2CO. The van der Waals surface area contributed by atoms with Crippen LogP contribution in [0, 0.1) is 11.8 Å². The van der Waals surface area contributed by atoms with Gasteiger partial charge in [-0.1, -0.05) is 24.0 Å². The molecule has 0 unspecified atom stereocenters. The van der Waals surface area contributed by atoms with Gasteiger partial charge in [0.25, 0.3) is 0 Å². The zero-order chi connectivity index (χ0) is 21.0. The number of aliphatic hydroxyl groups excluding tert-OH is 2. The van der Waals surface area contributed by atoms with Crippen molar-refractivity contribution in [1.82, 2.24) is 15.1 Å². The lowest BCUT2D eigenvalue weighted by Crippen LogP contribution is -2.68. The highest BCUT2D eigenvalue weighted by atomic mass is 16.3. The van der Waals surface area contributed by atoms with Gasteiger partial charge in [-0.25, -0.2) is 4.79 Å². The molecule has 158 valence electrons. The third-order valence-corrected chi connectivity index (χ3v) is 5.79. The smallest absolute Gasteiger partial charge is 0.317 e. The van der Waals surface area contributed by atoms with Gasteiger partial charge in [0.15, 0.2) is 0 Å². The first kappa shape index (κ1) is 21.6. The molecule has 0 spiro atoms. The summed E-state index contributed by atoms with van der Waals surface area (Å²) in [7, 11) is 0. The van der Waals surface area contributed by atoms with Gasteiger partial charge in [-0.15, -0.1) is 0 Å². The Bertz CT molecular complexity index is 751. The van der Waals surface area contributed by atoms with Crippen molar-refractivity contribution in [3.63, 3.8) is 0 Å². The molecule has 29 heavy (non-hydrogen) atoms. The lowest BCUT2D eigenvalue weighted by Gasteiger charge is -2.57. The number of nitrogens with zero attached hydrogens (tertiary/aromatic N) is 2. The Kier molecular flexibility index (Phi) is 7.18. The molecule has 0 aliphatic carbocycles. The van der Waals surface area contributed by atoms with E-state index in [0.29, 0.717) is 6.54 Å². The number of hydrogen-bond donors (Lipinski definition) is 3. The second-order valence-corrected chi connectivity index (χ2v) is 8.41. The molecule has 3 N–H and O–H groups in total. The van der Waals surface area contributed by atoms with Crippen molar-refractivity contribution < 1.29 is 15.0 Å². The van der Waals surface area contributed by atoms with E-state index in [1.165, 1.54) is 0 Å². The molecule has 0 radical (unpaired) electrons. The van der Waals surface area contributed by atoms with Crippen molar-refractivity contribution in [2.24, 2.45) is 0 Å². The summed E-state index contributed by atoms with van der Waals surface area (Å²) in [6, 6.07) is 8.46. The Morgan fingerprint density at radius 1 is 1.21 bits per heavy atom. The average molecular weight is 400 g/mol. The molecule has 2 amide bonds. The molecule has 2 fully saturated rings. The van der Waals surface area contributed by atoms with Crippen molar-refractivity contribution in [3.8, 4) is 11.8 Å². The highest BCUT2D eigenvalue weighted by Crippen LogP contribution is 2.41. The Hall–Kier alpha value is -2.07. The highest BCUT2D eigenvalue weighted by molar-refractivity contribution is 5.74. The van der Waals surface area contributed by atoms with Crippen LogP contribution in [0.1, 0.15) is 50.7 Å². The molecule has 2 heterocycles. The summed E-state index contributed by atoms with van der Waals surface area (Å²) in [5.74, 6) is 5.91. The lowest BCUT2D eigenvalue weighted by atomic mass is 9.74. The molecule has 2 saturated heterocycles. The van der Waals surface area contributed by atoms with Gasteiger partial charge in [-0.2, -0.15) is 0 Å². The monoisotopic (exact) mass is 399 g/mol. The van der Waals surface area contributed by atoms with Gasteiger partial charge < -0.3 is 20.4 Å². The van der Waals surface area contributed by atoms with E-state index in [0.717, 1.165) is 37.1 Å². The van der Waals surface area contributed by atoms with Crippen LogP contribution >= 0.6 is 0 Å². The van der Waals surface area contributed by atoms with Crippen molar-refractivity contribution in [2.45, 2.75) is 63.8 Å². The van der Waals surface area contributed by atoms with Crippen molar-refractivity contribution in [1.29, 1.82) is 0 Å². The number of fused-ring (bicyclic) bond motifs is 1. The van der Waals surface area contributed by atoms with E-state index in [2.05, 4.69) is 34.2 Å². The summed E-state index contributed by atoms with van der Waals surface area (Å²) in [6.45, 7) is 8.11. The van der Waals surface area contributed by atoms with Crippen LogP contribution in [-0.2, 0) is 0 Å². The maximum atomic E-state index is 12.6. The van der Waals surface area contributed by atoms with Gasteiger partial charge in [-0.05, 0) is 57.9 Å². The Labute approximate surface area is 173 Å². The second kappa shape index (κ2) is 9.62. The molecule has 0 aromatic heterocycles. The maximum Gasteiger partial charge on any atom is 0.317 e. The van der Waals surface area contributed by atoms with Crippen LogP contribution in [0.25, 0.3) is 0 Å². The molecule has 0 saturated carbocycles. The molecular weight excluding hydrogens is 366 g/mol. The zero-order valence-corrected chi connectivity index (χ0v) is 17.6. The van der Waals surface area contributed by atoms with E-state index in [9.17, 15) is 15.0 Å². The zero-order valence-electron chi connectivity index (χ0n) is 17.6. The average Bonchev–Trinajstić information content (AvgIpc) is 2.65. The molecule has 6 nitrogen and oxygen atoms in total. The quantitative estimate of drug-likeness (QED) is 0.677. The van der Waals surface area contributed by atoms with Gasteiger partial charge in [0.05, 0.1) is 6.61 Å².